The Bertz CT molecular complexity index is 1300. The third kappa shape index (κ3) is 2.95. The summed E-state index contributed by atoms with van der Waals surface area (Å²) in [6.07, 6.45) is 2.66. The average Bonchev–Trinajstić information content (AvgIpc) is 3.03. The summed E-state index contributed by atoms with van der Waals surface area (Å²) in [4.78, 5) is 14.8. The standard InChI is InChI=1S/C22H16ClF2N3O2S/c23-14-7-12-19(30-9-10-3-1-2-6-28(10)22(12)29)18(25)17(14)11-4-5-15(24)20-16(11)13(8-26)21(27)31-20/h4-5,7,10H,1-3,6,9,27H2/t10-/m1/s1. The lowest BCUT2D eigenvalue weighted by Gasteiger charge is -2.33. The summed E-state index contributed by atoms with van der Waals surface area (Å²) in [6, 6.07) is 5.79. The van der Waals surface area contributed by atoms with Crippen LogP contribution in [0.2, 0.25) is 5.02 Å². The first-order valence-electron chi connectivity index (χ1n) is 9.79. The van der Waals surface area contributed by atoms with Crippen LogP contribution >= 0.6 is 22.9 Å². The van der Waals surface area contributed by atoms with Crippen molar-refractivity contribution in [3.63, 3.8) is 0 Å². The minimum absolute atomic E-state index is 0.0229. The number of amides is 1. The van der Waals surface area contributed by atoms with Crippen LogP contribution in [0, 0.1) is 23.0 Å². The molecule has 5 nitrogen and oxygen atoms in total. The third-order valence-corrected chi connectivity index (χ3v) is 7.24. The fourth-order valence-electron chi connectivity index (χ4n) is 4.43. The number of hydrogen-bond donors (Lipinski definition) is 1. The van der Waals surface area contributed by atoms with E-state index in [2.05, 4.69) is 0 Å². The zero-order chi connectivity index (χ0) is 21.9. The number of rotatable bonds is 1. The normalized spacial score (nSPS) is 18.2. The Balaban J connectivity index is 1.76. The number of carbonyl (C=O) groups is 1. The zero-order valence-electron chi connectivity index (χ0n) is 16.2. The molecule has 2 N–H and O–H groups in total. The molecule has 0 radical (unpaired) electrons. The first-order valence-corrected chi connectivity index (χ1v) is 11.0. The van der Waals surface area contributed by atoms with E-state index in [0.717, 1.165) is 30.6 Å². The molecular weight excluding hydrogens is 444 g/mol. The predicted octanol–water partition coefficient (Wildman–Crippen LogP) is 5.34. The first-order chi connectivity index (χ1) is 14.9. The number of piperidine rings is 1. The van der Waals surface area contributed by atoms with E-state index in [1.807, 2.05) is 6.07 Å². The molecule has 0 saturated carbocycles. The number of nitriles is 1. The van der Waals surface area contributed by atoms with E-state index in [0.29, 0.717) is 6.54 Å². The van der Waals surface area contributed by atoms with E-state index in [9.17, 15) is 14.4 Å². The fraction of sp³-hybridized carbons (Fsp3) is 0.273. The van der Waals surface area contributed by atoms with Crippen molar-refractivity contribution in [3.8, 4) is 22.9 Å². The zero-order valence-corrected chi connectivity index (χ0v) is 17.7. The van der Waals surface area contributed by atoms with Crippen molar-refractivity contribution in [2.24, 2.45) is 0 Å². The van der Waals surface area contributed by atoms with Crippen LogP contribution in [0.1, 0.15) is 35.2 Å². The highest BCUT2D eigenvalue weighted by Crippen LogP contribution is 2.46. The Labute approximate surface area is 185 Å². The van der Waals surface area contributed by atoms with E-state index in [-0.39, 0.29) is 66.7 Å². The number of ether oxygens (including phenoxy) is 1. The van der Waals surface area contributed by atoms with Gasteiger partial charge in [-0.05, 0) is 37.0 Å². The summed E-state index contributed by atoms with van der Waals surface area (Å²) in [5, 5.41) is 9.85. The lowest BCUT2D eigenvalue weighted by molar-refractivity contribution is 0.0577. The van der Waals surface area contributed by atoms with Gasteiger partial charge in [-0.3, -0.25) is 4.79 Å². The highest BCUT2D eigenvalue weighted by Gasteiger charge is 2.36. The molecule has 31 heavy (non-hydrogen) atoms. The van der Waals surface area contributed by atoms with Gasteiger partial charge in [0.1, 0.15) is 23.5 Å². The van der Waals surface area contributed by atoms with Gasteiger partial charge in [-0.2, -0.15) is 5.26 Å². The number of anilines is 1. The fourth-order valence-corrected chi connectivity index (χ4v) is 5.68. The van der Waals surface area contributed by atoms with Gasteiger partial charge in [-0.15, -0.1) is 11.3 Å². The second kappa shape index (κ2) is 7.36. The summed E-state index contributed by atoms with van der Waals surface area (Å²) in [5.74, 6) is -1.85. The molecule has 0 unspecified atom stereocenters. The van der Waals surface area contributed by atoms with E-state index in [4.69, 9.17) is 22.1 Å². The number of benzene rings is 2. The van der Waals surface area contributed by atoms with Crippen molar-refractivity contribution in [2.45, 2.75) is 25.3 Å². The van der Waals surface area contributed by atoms with Crippen LogP contribution in [-0.4, -0.2) is 30.0 Å². The molecule has 158 valence electrons. The number of hydrogen-bond acceptors (Lipinski definition) is 5. The minimum atomic E-state index is -0.808. The first kappa shape index (κ1) is 20.0. The van der Waals surface area contributed by atoms with Crippen LogP contribution in [0.3, 0.4) is 0 Å². The SMILES string of the molecule is N#Cc1c(N)sc2c(F)ccc(-c3c(Cl)cc4c(c3F)OC[C@H]3CCCCN3C4=O)c12. The Kier molecular flexibility index (Phi) is 4.76. The molecule has 2 aliphatic heterocycles. The maximum Gasteiger partial charge on any atom is 0.258 e. The maximum absolute atomic E-state index is 15.8. The predicted molar refractivity (Wildman–Crippen MR) is 115 cm³/mol. The monoisotopic (exact) mass is 459 g/mol. The highest BCUT2D eigenvalue weighted by molar-refractivity contribution is 7.23. The van der Waals surface area contributed by atoms with Gasteiger partial charge in [0.2, 0.25) is 0 Å². The molecule has 0 bridgehead atoms. The molecule has 1 fully saturated rings. The molecule has 2 aliphatic rings. The van der Waals surface area contributed by atoms with E-state index < -0.39 is 11.6 Å². The lowest BCUT2D eigenvalue weighted by atomic mass is 9.96. The quantitative estimate of drug-likeness (QED) is 0.532. The molecule has 1 amide bonds. The van der Waals surface area contributed by atoms with Crippen molar-refractivity contribution >= 4 is 43.9 Å². The Hall–Kier alpha value is -2.89. The number of thiophene rings is 1. The van der Waals surface area contributed by atoms with Gasteiger partial charge in [-0.1, -0.05) is 17.7 Å². The van der Waals surface area contributed by atoms with E-state index >= 15 is 4.39 Å². The van der Waals surface area contributed by atoms with Crippen molar-refractivity contribution in [3.05, 3.63) is 46.0 Å². The van der Waals surface area contributed by atoms with Crippen LogP contribution in [0.4, 0.5) is 13.8 Å². The lowest BCUT2D eigenvalue weighted by Crippen LogP contribution is -2.45. The van der Waals surface area contributed by atoms with Crippen LogP contribution in [0.5, 0.6) is 5.75 Å². The van der Waals surface area contributed by atoms with Gasteiger partial charge in [0.05, 0.1) is 26.9 Å². The molecule has 1 atom stereocenters. The number of nitrogen functional groups attached to an aromatic ring is 1. The molecule has 5 rings (SSSR count). The van der Waals surface area contributed by atoms with Gasteiger partial charge in [0.15, 0.2) is 11.6 Å². The van der Waals surface area contributed by atoms with Gasteiger partial charge in [0, 0.05) is 17.5 Å². The molecule has 0 spiro atoms. The largest absolute Gasteiger partial charge is 0.487 e. The molecule has 3 aromatic rings. The second-order valence-corrected chi connectivity index (χ2v) is 9.09. The summed E-state index contributed by atoms with van der Waals surface area (Å²) in [5.41, 5.74) is 6.21. The van der Waals surface area contributed by atoms with Crippen molar-refractivity contribution in [1.82, 2.24) is 4.90 Å². The number of fused-ring (bicyclic) bond motifs is 3. The average molecular weight is 460 g/mol. The van der Waals surface area contributed by atoms with Gasteiger partial charge in [0.25, 0.3) is 5.91 Å². The molecule has 1 aromatic heterocycles. The molecule has 0 aliphatic carbocycles. The van der Waals surface area contributed by atoms with Gasteiger partial charge < -0.3 is 15.4 Å². The molecular formula is C22H16ClF2N3O2S. The van der Waals surface area contributed by atoms with Crippen LogP contribution < -0.4 is 10.5 Å². The summed E-state index contributed by atoms with van der Waals surface area (Å²) >= 11 is 7.39. The summed E-state index contributed by atoms with van der Waals surface area (Å²) in [6.45, 7) is 0.774. The van der Waals surface area contributed by atoms with E-state index in [1.165, 1.54) is 18.2 Å². The second-order valence-electron chi connectivity index (χ2n) is 7.64. The number of nitrogens with two attached hydrogens (primary N) is 1. The maximum atomic E-state index is 15.8. The van der Waals surface area contributed by atoms with E-state index in [1.54, 1.807) is 4.90 Å². The van der Waals surface area contributed by atoms with Crippen LogP contribution in [-0.2, 0) is 0 Å². The topological polar surface area (TPSA) is 79.4 Å². The summed E-state index contributed by atoms with van der Waals surface area (Å²) < 4.78 is 36.1. The van der Waals surface area contributed by atoms with Crippen LogP contribution in [0.15, 0.2) is 18.2 Å². The highest BCUT2D eigenvalue weighted by atomic mass is 35.5. The third-order valence-electron chi connectivity index (χ3n) is 5.91. The minimum Gasteiger partial charge on any atom is -0.487 e. The Morgan fingerprint density at radius 2 is 2.10 bits per heavy atom. The van der Waals surface area contributed by atoms with Crippen LogP contribution in [0.25, 0.3) is 21.2 Å². The molecule has 2 aromatic carbocycles. The molecule has 3 heterocycles. The van der Waals surface area contributed by atoms with Gasteiger partial charge >= 0.3 is 0 Å². The Morgan fingerprint density at radius 3 is 2.87 bits per heavy atom. The molecule has 1 saturated heterocycles. The number of halogens is 3. The molecule has 9 heteroatoms. The summed E-state index contributed by atoms with van der Waals surface area (Å²) in [7, 11) is 0. The van der Waals surface area contributed by atoms with Crippen molar-refractivity contribution in [2.75, 3.05) is 18.9 Å². The van der Waals surface area contributed by atoms with Crippen molar-refractivity contribution in [1.29, 1.82) is 5.26 Å². The van der Waals surface area contributed by atoms with Crippen molar-refractivity contribution < 1.29 is 18.3 Å². The number of nitrogens with zero attached hydrogens (tertiary/aromatic N) is 2. The van der Waals surface area contributed by atoms with Gasteiger partial charge in [-0.25, -0.2) is 8.78 Å². The smallest absolute Gasteiger partial charge is 0.258 e. The number of carbonyl (C=O) groups excluding carboxylic acids is 1. The Morgan fingerprint density at radius 1 is 1.29 bits per heavy atom.